The van der Waals surface area contributed by atoms with Gasteiger partial charge in [-0.25, -0.2) is 0 Å². The number of halogens is 1. The van der Waals surface area contributed by atoms with Crippen molar-refractivity contribution in [2.75, 3.05) is 51.2 Å². The third-order valence-electron chi connectivity index (χ3n) is 5.41. The monoisotopic (exact) mass is 349 g/mol. The number of piperazine rings is 1. The first-order valence-electron chi connectivity index (χ1n) is 9.08. The first-order valence-corrected chi connectivity index (χ1v) is 9.46. The molecule has 0 bridgehead atoms. The van der Waals surface area contributed by atoms with Crippen LogP contribution in [0.1, 0.15) is 25.7 Å². The molecule has 132 valence electrons. The fraction of sp³-hybridized carbons (Fsp3) is 0.632. The van der Waals surface area contributed by atoms with Crippen LogP contribution in [0.5, 0.6) is 0 Å². The summed E-state index contributed by atoms with van der Waals surface area (Å²) in [6, 6.07) is 7.97. The Labute approximate surface area is 150 Å². The number of piperidine rings is 1. The van der Waals surface area contributed by atoms with Crippen molar-refractivity contribution in [2.45, 2.75) is 25.7 Å². The Bertz CT molecular complexity index is 549. The van der Waals surface area contributed by atoms with Gasteiger partial charge in [-0.05, 0) is 63.5 Å². The van der Waals surface area contributed by atoms with Crippen LogP contribution in [-0.2, 0) is 4.79 Å². The van der Waals surface area contributed by atoms with E-state index in [9.17, 15) is 4.79 Å². The van der Waals surface area contributed by atoms with Crippen molar-refractivity contribution in [3.05, 3.63) is 29.3 Å². The lowest BCUT2D eigenvalue weighted by Gasteiger charge is -2.36. The van der Waals surface area contributed by atoms with E-state index in [1.807, 2.05) is 23.1 Å². The summed E-state index contributed by atoms with van der Waals surface area (Å²) in [7, 11) is 2.18. The van der Waals surface area contributed by atoms with Crippen LogP contribution in [-0.4, -0.2) is 62.0 Å². The number of nitrogens with zero attached hydrogens (tertiary/aromatic N) is 3. The minimum atomic E-state index is 0.333. The van der Waals surface area contributed by atoms with E-state index in [1.54, 1.807) is 0 Å². The maximum absolute atomic E-state index is 12.5. The molecule has 24 heavy (non-hydrogen) atoms. The van der Waals surface area contributed by atoms with Gasteiger partial charge in [-0.2, -0.15) is 0 Å². The van der Waals surface area contributed by atoms with Crippen LogP contribution in [0.25, 0.3) is 0 Å². The van der Waals surface area contributed by atoms with Gasteiger partial charge in [-0.3, -0.25) is 4.79 Å². The number of carbonyl (C=O) groups is 1. The Balaban J connectivity index is 1.42. The molecule has 4 nitrogen and oxygen atoms in total. The predicted octanol–water partition coefficient (Wildman–Crippen LogP) is 3.11. The van der Waals surface area contributed by atoms with Crippen molar-refractivity contribution in [1.82, 2.24) is 9.80 Å². The summed E-state index contributed by atoms with van der Waals surface area (Å²) in [5.74, 6) is 1.07. The average Bonchev–Trinajstić information content (AvgIpc) is 2.61. The minimum absolute atomic E-state index is 0.333. The first-order chi connectivity index (χ1) is 11.6. The molecule has 0 unspecified atom stereocenters. The van der Waals surface area contributed by atoms with E-state index in [-0.39, 0.29) is 0 Å². The van der Waals surface area contributed by atoms with E-state index in [2.05, 4.69) is 22.9 Å². The van der Waals surface area contributed by atoms with Gasteiger partial charge in [0.25, 0.3) is 0 Å². The van der Waals surface area contributed by atoms with Crippen LogP contribution in [0.2, 0.25) is 5.02 Å². The summed E-state index contributed by atoms with van der Waals surface area (Å²) in [5.41, 5.74) is 1.15. The number of rotatable bonds is 4. The Morgan fingerprint density at radius 3 is 2.50 bits per heavy atom. The molecule has 1 amide bonds. The third kappa shape index (κ3) is 4.64. The quantitative estimate of drug-likeness (QED) is 0.835. The lowest BCUT2D eigenvalue weighted by atomic mass is 9.92. The van der Waals surface area contributed by atoms with Crippen LogP contribution in [0.15, 0.2) is 24.3 Å². The predicted molar refractivity (Wildman–Crippen MR) is 99.7 cm³/mol. The summed E-state index contributed by atoms with van der Waals surface area (Å²) in [6.45, 7) is 5.77. The van der Waals surface area contributed by atoms with E-state index < -0.39 is 0 Å². The van der Waals surface area contributed by atoms with Crippen molar-refractivity contribution >= 4 is 23.2 Å². The van der Waals surface area contributed by atoms with Crippen molar-refractivity contribution in [3.8, 4) is 0 Å². The summed E-state index contributed by atoms with van der Waals surface area (Å²) < 4.78 is 0. The molecule has 2 aliphatic rings. The Kier molecular flexibility index (Phi) is 6.01. The maximum Gasteiger partial charge on any atom is 0.222 e. The van der Waals surface area contributed by atoms with E-state index in [4.69, 9.17) is 11.6 Å². The fourth-order valence-electron chi connectivity index (χ4n) is 3.72. The van der Waals surface area contributed by atoms with Gasteiger partial charge in [0.1, 0.15) is 0 Å². The number of hydrogen-bond donors (Lipinski definition) is 0. The number of hydrogen-bond acceptors (Lipinski definition) is 3. The van der Waals surface area contributed by atoms with Crippen molar-refractivity contribution in [3.63, 3.8) is 0 Å². The second kappa shape index (κ2) is 8.21. The average molecular weight is 350 g/mol. The molecule has 0 spiro atoms. The van der Waals surface area contributed by atoms with Crippen molar-refractivity contribution < 1.29 is 4.79 Å². The number of anilines is 1. The van der Waals surface area contributed by atoms with Crippen molar-refractivity contribution in [1.29, 1.82) is 0 Å². The second-order valence-corrected chi connectivity index (χ2v) is 7.57. The largest absolute Gasteiger partial charge is 0.368 e. The number of likely N-dealkylation sites (tertiary alicyclic amines) is 1. The Morgan fingerprint density at radius 1 is 1.12 bits per heavy atom. The zero-order valence-corrected chi connectivity index (χ0v) is 15.3. The van der Waals surface area contributed by atoms with E-state index in [0.717, 1.165) is 49.2 Å². The molecule has 2 aliphatic heterocycles. The van der Waals surface area contributed by atoms with Crippen LogP contribution in [0.3, 0.4) is 0 Å². The molecular formula is C19H28ClN3O. The first kappa shape index (κ1) is 17.6. The number of carbonyl (C=O) groups excluding carboxylic acids is 1. The maximum atomic E-state index is 12.5. The van der Waals surface area contributed by atoms with Gasteiger partial charge in [0, 0.05) is 43.3 Å². The van der Waals surface area contributed by atoms with Gasteiger partial charge < -0.3 is 14.7 Å². The van der Waals surface area contributed by atoms with Crippen molar-refractivity contribution in [2.24, 2.45) is 5.92 Å². The summed E-state index contributed by atoms with van der Waals surface area (Å²) >= 11 is 6.07. The van der Waals surface area contributed by atoms with Crippen LogP contribution >= 0.6 is 11.6 Å². The molecule has 2 heterocycles. The molecule has 5 heteroatoms. The number of amides is 1. The van der Waals surface area contributed by atoms with E-state index >= 15 is 0 Å². The van der Waals surface area contributed by atoms with Gasteiger partial charge in [0.15, 0.2) is 0 Å². The minimum Gasteiger partial charge on any atom is -0.368 e. The molecule has 1 aromatic carbocycles. The van der Waals surface area contributed by atoms with Crippen LogP contribution in [0, 0.1) is 5.92 Å². The molecule has 2 fully saturated rings. The molecule has 0 aliphatic carbocycles. The standard InChI is InChI=1S/C19H28ClN3O/c1-21-9-7-16(8-10-21)5-6-19(24)23-13-11-22(12-14-23)18-4-2-3-17(20)15-18/h2-4,15-16H,5-14H2,1H3. The molecule has 1 aromatic rings. The highest BCUT2D eigenvalue weighted by Crippen LogP contribution is 2.23. The van der Waals surface area contributed by atoms with E-state index in [0.29, 0.717) is 12.3 Å². The topological polar surface area (TPSA) is 26.8 Å². The fourth-order valence-corrected chi connectivity index (χ4v) is 3.91. The third-order valence-corrected chi connectivity index (χ3v) is 5.65. The van der Waals surface area contributed by atoms with Gasteiger partial charge in [-0.15, -0.1) is 0 Å². The highest BCUT2D eigenvalue weighted by Gasteiger charge is 2.23. The summed E-state index contributed by atoms with van der Waals surface area (Å²) in [6.07, 6.45) is 4.26. The summed E-state index contributed by atoms with van der Waals surface area (Å²) in [4.78, 5) is 19.2. The molecule has 0 aromatic heterocycles. The molecule has 2 saturated heterocycles. The SMILES string of the molecule is CN1CCC(CCC(=O)N2CCN(c3cccc(Cl)c3)CC2)CC1. The van der Waals surface area contributed by atoms with Gasteiger partial charge in [-0.1, -0.05) is 17.7 Å². The number of benzene rings is 1. The Morgan fingerprint density at radius 2 is 1.83 bits per heavy atom. The van der Waals surface area contributed by atoms with Gasteiger partial charge in [0.2, 0.25) is 5.91 Å². The molecule has 3 rings (SSSR count). The van der Waals surface area contributed by atoms with E-state index in [1.165, 1.54) is 25.9 Å². The molecule has 0 saturated carbocycles. The zero-order chi connectivity index (χ0) is 16.9. The normalized spacial score (nSPS) is 20.4. The second-order valence-electron chi connectivity index (χ2n) is 7.13. The van der Waals surface area contributed by atoms with Gasteiger partial charge >= 0.3 is 0 Å². The highest BCUT2D eigenvalue weighted by atomic mass is 35.5. The lowest BCUT2D eigenvalue weighted by Crippen LogP contribution is -2.48. The molecular weight excluding hydrogens is 322 g/mol. The molecule has 0 atom stereocenters. The molecule has 0 N–H and O–H groups in total. The lowest BCUT2D eigenvalue weighted by molar-refractivity contribution is -0.131. The molecule has 0 radical (unpaired) electrons. The smallest absolute Gasteiger partial charge is 0.222 e. The summed E-state index contributed by atoms with van der Waals surface area (Å²) in [5, 5.41) is 0.768. The highest BCUT2D eigenvalue weighted by molar-refractivity contribution is 6.30. The van der Waals surface area contributed by atoms with Crippen LogP contribution in [0.4, 0.5) is 5.69 Å². The van der Waals surface area contributed by atoms with Gasteiger partial charge in [0.05, 0.1) is 0 Å². The zero-order valence-electron chi connectivity index (χ0n) is 14.6. The van der Waals surface area contributed by atoms with Crippen LogP contribution < -0.4 is 4.90 Å². The Hall–Kier alpha value is -1.26.